The molecule has 1 amide bonds. The van der Waals surface area contributed by atoms with E-state index in [1.807, 2.05) is 23.1 Å². The number of hydrogen-bond acceptors (Lipinski definition) is 3. The highest BCUT2D eigenvalue weighted by Gasteiger charge is 2.33. The number of amides is 1. The first kappa shape index (κ1) is 16.1. The van der Waals surface area contributed by atoms with Gasteiger partial charge in [0, 0.05) is 44.7 Å². The van der Waals surface area contributed by atoms with Crippen LogP contribution in [0.15, 0.2) is 48.5 Å². The molecule has 1 atom stereocenters. The van der Waals surface area contributed by atoms with Crippen molar-refractivity contribution < 1.29 is 13.9 Å². The van der Waals surface area contributed by atoms with Crippen molar-refractivity contribution in [3.8, 4) is 5.75 Å². The third-order valence-corrected chi connectivity index (χ3v) is 4.91. The Morgan fingerprint density at radius 1 is 1.08 bits per heavy atom. The highest BCUT2D eigenvalue weighted by molar-refractivity contribution is 5.82. The summed E-state index contributed by atoms with van der Waals surface area (Å²) in [6, 6.07) is 14.8. The summed E-state index contributed by atoms with van der Waals surface area (Å²) in [5.41, 5.74) is 2.07. The molecule has 2 aromatic rings. The van der Waals surface area contributed by atoms with Crippen LogP contribution in [0.25, 0.3) is 0 Å². The number of piperazine rings is 1. The zero-order valence-electron chi connectivity index (χ0n) is 14.0. The third-order valence-electron chi connectivity index (χ3n) is 4.91. The van der Waals surface area contributed by atoms with Crippen LogP contribution in [0.4, 0.5) is 4.39 Å². The van der Waals surface area contributed by atoms with Gasteiger partial charge in [0.05, 0.1) is 0 Å². The van der Waals surface area contributed by atoms with Gasteiger partial charge in [-0.2, -0.15) is 0 Å². The van der Waals surface area contributed by atoms with E-state index in [1.54, 1.807) is 6.07 Å². The van der Waals surface area contributed by atoms with Crippen LogP contribution in [0.3, 0.4) is 0 Å². The zero-order valence-corrected chi connectivity index (χ0v) is 14.0. The van der Waals surface area contributed by atoms with Crippen molar-refractivity contribution in [2.24, 2.45) is 0 Å². The van der Waals surface area contributed by atoms with Crippen molar-refractivity contribution in [1.29, 1.82) is 0 Å². The smallest absolute Gasteiger partial charge is 0.264 e. The predicted molar refractivity (Wildman–Crippen MR) is 92.8 cm³/mol. The zero-order chi connectivity index (χ0) is 17.2. The number of nitrogens with zero attached hydrogens (tertiary/aromatic N) is 2. The Hall–Kier alpha value is -2.40. The largest absolute Gasteiger partial charge is 0.480 e. The monoisotopic (exact) mass is 340 g/mol. The van der Waals surface area contributed by atoms with Crippen molar-refractivity contribution in [3.05, 3.63) is 65.5 Å². The summed E-state index contributed by atoms with van der Waals surface area (Å²) >= 11 is 0. The number of halogens is 1. The second-order valence-electron chi connectivity index (χ2n) is 6.65. The van der Waals surface area contributed by atoms with Gasteiger partial charge >= 0.3 is 0 Å². The van der Waals surface area contributed by atoms with Gasteiger partial charge in [-0.3, -0.25) is 9.69 Å². The molecule has 0 N–H and O–H groups in total. The molecule has 1 saturated heterocycles. The average Bonchev–Trinajstić information content (AvgIpc) is 3.06. The maximum Gasteiger partial charge on any atom is 0.264 e. The number of benzene rings is 2. The molecular formula is C20H21FN2O2. The fourth-order valence-electron chi connectivity index (χ4n) is 3.53. The van der Waals surface area contributed by atoms with Crippen molar-refractivity contribution >= 4 is 5.91 Å². The van der Waals surface area contributed by atoms with Gasteiger partial charge in [0.25, 0.3) is 5.91 Å². The highest BCUT2D eigenvalue weighted by Crippen LogP contribution is 2.30. The molecule has 2 aliphatic rings. The molecule has 2 aromatic carbocycles. The Labute approximate surface area is 146 Å². The normalized spacial score (nSPS) is 20.2. The van der Waals surface area contributed by atoms with Crippen molar-refractivity contribution in [2.45, 2.75) is 19.1 Å². The topological polar surface area (TPSA) is 32.8 Å². The Bertz CT molecular complexity index is 758. The molecule has 1 fully saturated rings. The van der Waals surface area contributed by atoms with E-state index in [4.69, 9.17) is 4.74 Å². The number of carbonyl (C=O) groups is 1. The lowest BCUT2D eigenvalue weighted by atomic mass is 10.1. The van der Waals surface area contributed by atoms with Gasteiger partial charge in [0.15, 0.2) is 6.10 Å². The van der Waals surface area contributed by atoms with E-state index >= 15 is 0 Å². The lowest BCUT2D eigenvalue weighted by Crippen LogP contribution is -2.51. The molecule has 0 aliphatic carbocycles. The number of rotatable bonds is 3. The lowest BCUT2D eigenvalue weighted by molar-refractivity contribution is -0.139. The maximum absolute atomic E-state index is 13.3. The van der Waals surface area contributed by atoms with Gasteiger partial charge in [-0.1, -0.05) is 30.3 Å². The van der Waals surface area contributed by atoms with Crippen molar-refractivity contribution in [3.63, 3.8) is 0 Å². The molecule has 25 heavy (non-hydrogen) atoms. The van der Waals surface area contributed by atoms with Crippen molar-refractivity contribution in [2.75, 3.05) is 26.2 Å². The van der Waals surface area contributed by atoms with Crippen LogP contribution in [-0.4, -0.2) is 48.0 Å². The Morgan fingerprint density at radius 3 is 2.60 bits per heavy atom. The molecule has 0 saturated carbocycles. The molecule has 5 heteroatoms. The SMILES string of the molecule is O=C(C1Cc2cc(F)ccc2O1)N1CCN(Cc2ccccc2)CC1. The second-order valence-corrected chi connectivity index (χ2v) is 6.65. The highest BCUT2D eigenvalue weighted by atomic mass is 19.1. The molecule has 2 aliphatic heterocycles. The summed E-state index contributed by atoms with van der Waals surface area (Å²) in [6.07, 6.45) is -0.0617. The number of fused-ring (bicyclic) bond motifs is 1. The van der Waals surface area contributed by atoms with E-state index < -0.39 is 6.10 Å². The van der Waals surface area contributed by atoms with Gasteiger partial charge in [0.1, 0.15) is 11.6 Å². The standard InChI is InChI=1S/C20H21FN2O2/c21-17-6-7-18-16(12-17)13-19(25-18)20(24)23-10-8-22(9-11-23)14-15-4-2-1-3-5-15/h1-7,12,19H,8-11,13-14H2. The van der Waals surface area contributed by atoms with E-state index in [-0.39, 0.29) is 11.7 Å². The first-order valence-corrected chi connectivity index (χ1v) is 8.69. The first-order valence-electron chi connectivity index (χ1n) is 8.69. The fraction of sp³-hybridized carbons (Fsp3) is 0.350. The summed E-state index contributed by atoms with van der Waals surface area (Å²) < 4.78 is 19.0. The minimum absolute atomic E-state index is 0.0102. The minimum atomic E-state index is -0.516. The van der Waals surface area contributed by atoms with E-state index in [1.165, 1.54) is 17.7 Å². The molecule has 130 valence electrons. The number of ether oxygens (including phenoxy) is 1. The summed E-state index contributed by atoms with van der Waals surface area (Å²) in [7, 11) is 0. The van der Waals surface area contributed by atoms with Crippen LogP contribution in [0, 0.1) is 5.82 Å². The lowest BCUT2D eigenvalue weighted by Gasteiger charge is -2.35. The molecule has 0 bridgehead atoms. The summed E-state index contributed by atoms with van der Waals surface area (Å²) in [6.45, 7) is 4.03. The van der Waals surface area contributed by atoms with Gasteiger partial charge in [-0.25, -0.2) is 4.39 Å². The van der Waals surface area contributed by atoms with Gasteiger partial charge in [-0.15, -0.1) is 0 Å². The molecule has 0 spiro atoms. The fourth-order valence-corrected chi connectivity index (χ4v) is 3.53. The maximum atomic E-state index is 13.3. The van der Waals surface area contributed by atoms with Crippen LogP contribution >= 0.6 is 0 Å². The van der Waals surface area contributed by atoms with Crippen LogP contribution < -0.4 is 4.74 Å². The molecule has 1 unspecified atom stereocenters. The predicted octanol–water partition coefficient (Wildman–Crippen LogP) is 2.47. The molecule has 0 radical (unpaired) electrons. The van der Waals surface area contributed by atoms with Crippen LogP contribution in [0.2, 0.25) is 0 Å². The molecular weight excluding hydrogens is 319 g/mol. The first-order chi connectivity index (χ1) is 12.2. The van der Waals surface area contributed by atoms with Gasteiger partial charge in [-0.05, 0) is 23.8 Å². The summed E-state index contributed by atoms with van der Waals surface area (Å²) in [4.78, 5) is 16.9. The molecule has 2 heterocycles. The van der Waals surface area contributed by atoms with Crippen LogP contribution in [0.5, 0.6) is 5.75 Å². The molecule has 4 nitrogen and oxygen atoms in total. The Morgan fingerprint density at radius 2 is 1.84 bits per heavy atom. The number of carbonyl (C=O) groups excluding carboxylic acids is 1. The summed E-state index contributed by atoms with van der Waals surface area (Å²) in [5.74, 6) is 0.350. The van der Waals surface area contributed by atoms with Crippen LogP contribution in [-0.2, 0) is 17.8 Å². The van der Waals surface area contributed by atoms with Crippen molar-refractivity contribution in [1.82, 2.24) is 9.80 Å². The summed E-state index contributed by atoms with van der Waals surface area (Å²) in [5, 5.41) is 0. The Balaban J connectivity index is 1.32. The van der Waals surface area contributed by atoms with Gasteiger partial charge in [0.2, 0.25) is 0 Å². The minimum Gasteiger partial charge on any atom is -0.480 e. The Kier molecular flexibility index (Phi) is 4.40. The average molecular weight is 340 g/mol. The van der Waals surface area contributed by atoms with E-state index in [0.29, 0.717) is 25.3 Å². The quantitative estimate of drug-likeness (QED) is 0.861. The van der Waals surface area contributed by atoms with E-state index in [0.717, 1.165) is 25.2 Å². The molecule has 4 rings (SSSR count). The molecule has 0 aromatic heterocycles. The second kappa shape index (κ2) is 6.84. The van der Waals surface area contributed by atoms with E-state index in [9.17, 15) is 9.18 Å². The number of hydrogen-bond donors (Lipinski definition) is 0. The third kappa shape index (κ3) is 3.51. The van der Waals surface area contributed by atoms with Gasteiger partial charge < -0.3 is 9.64 Å². The van der Waals surface area contributed by atoms with E-state index in [2.05, 4.69) is 17.0 Å². The van der Waals surface area contributed by atoms with Crippen LogP contribution in [0.1, 0.15) is 11.1 Å².